The van der Waals surface area contributed by atoms with E-state index in [0.29, 0.717) is 18.9 Å². The molecule has 2 N–H and O–H groups in total. The normalized spacial score (nSPS) is 16.2. The van der Waals surface area contributed by atoms with Crippen LogP contribution in [0.2, 0.25) is 0 Å². The van der Waals surface area contributed by atoms with Gasteiger partial charge in [0.15, 0.2) is 0 Å². The number of cyclic esters (lactones) is 1. The average Bonchev–Trinajstić information content (AvgIpc) is 2.89. The summed E-state index contributed by atoms with van der Waals surface area (Å²) in [4.78, 5) is 11.1. The second-order valence-electron chi connectivity index (χ2n) is 6.40. The minimum absolute atomic E-state index is 0.0393. The van der Waals surface area contributed by atoms with Crippen molar-refractivity contribution in [1.29, 1.82) is 0 Å². The molecule has 1 aromatic rings. The van der Waals surface area contributed by atoms with Crippen LogP contribution in [0.25, 0.3) is 5.57 Å². The van der Waals surface area contributed by atoms with Crippen molar-refractivity contribution in [2.45, 2.75) is 32.4 Å². The summed E-state index contributed by atoms with van der Waals surface area (Å²) in [7, 11) is 0. The Labute approximate surface area is 130 Å². The Kier molecular flexibility index (Phi) is 5.21. The fourth-order valence-corrected chi connectivity index (χ4v) is 2.00. The molecule has 0 saturated heterocycles. The highest BCUT2D eigenvalue weighted by Gasteiger charge is 2.15. The quantitative estimate of drug-likeness (QED) is 0.784. The predicted molar refractivity (Wildman–Crippen MR) is 84.6 cm³/mol. The van der Waals surface area contributed by atoms with Crippen molar-refractivity contribution in [2.75, 3.05) is 19.8 Å². The third-order valence-electron chi connectivity index (χ3n) is 3.18. The van der Waals surface area contributed by atoms with Gasteiger partial charge >= 0.3 is 5.97 Å². The van der Waals surface area contributed by atoms with Crippen LogP contribution < -0.4 is 10.1 Å². The predicted octanol–water partition coefficient (Wildman–Crippen LogP) is 1.75. The molecule has 1 aromatic carbocycles. The molecule has 0 bridgehead atoms. The van der Waals surface area contributed by atoms with Gasteiger partial charge in [0.1, 0.15) is 25.1 Å². The number of nitrogens with one attached hydrogen (secondary N) is 1. The topological polar surface area (TPSA) is 67.8 Å². The summed E-state index contributed by atoms with van der Waals surface area (Å²) in [6, 6.07) is 7.43. The fourth-order valence-electron chi connectivity index (χ4n) is 2.00. The SMILES string of the molecule is CC(C)(C)NCC(O)COc1cccc(C2=CC(=O)OC2)c1. The van der Waals surface area contributed by atoms with Crippen molar-refractivity contribution < 1.29 is 19.4 Å². The number of β-amino-alcohol motifs (C(OH)–C–C–N with tert-alkyl or cyclic N) is 1. The number of carbonyl (C=O) groups is 1. The van der Waals surface area contributed by atoms with Crippen molar-refractivity contribution in [1.82, 2.24) is 5.32 Å². The summed E-state index contributed by atoms with van der Waals surface area (Å²) in [5.41, 5.74) is 1.69. The van der Waals surface area contributed by atoms with E-state index in [-0.39, 0.29) is 18.1 Å². The summed E-state index contributed by atoms with van der Waals surface area (Å²) < 4.78 is 10.5. The lowest BCUT2D eigenvalue weighted by molar-refractivity contribution is -0.134. The van der Waals surface area contributed by atoms with E-state index in [1.165, 1.54) is 6.08 Å². The van der Waals surface area contributed by atoms with Crippen molar-refractivity contribution in [2.24, 2.45) is 0 Å². The molecule has 0 aliphatic carbocycles. The molecule has 0 fully saturated rings. The molecule has 0 saturated carbocycles. The number of carbonyl (C=O) groups excluding carboxylic acids is 1. The van der Waals surface area contributed by atoms with Crippen LogP contribution in [0.3, 0.4) is 0 Å². The van der Waals surface area contributed by atoms with Gasteiger partial charge in [0, 0.05) is 23.7 Å². The standard InChI is InChI=1S/C17H23NO4/c1-17(2,3)18-9-14(19)11-21-15-6-4-5-12(7-15)13-8-16(20)22-10-13/h4-8,14,18-19H,9-11H2,1-3H3. The molecular weight excluding hydrogens is 282 g/mol. The molecule has 0 radical (unpaired) electrons. The second-order valence-corrected chi connectivity index (χ2v) is 6.40. The molecule has 0 spiro atoms. The van der Waals surface area contributed by atoms with Gasteiger partial charge in [-0.15, -0.1) is 0 Å². The third-order valence-corrected chi connectivity index (χ3v) is 3.18. The monoisotopic (exact) mass is 305 g/mol. The van der Waals surface area contributed by atoms with E-state index in [9.17, 15) is 9.90 Å². The van der Waals surface area contributed by atoms with Gasteiger partial charge in [-0.25, -0.2) is 4.79 Å². The zero-order valence-corrected chi connectivity index (χ0v) is 13.3. The Balaban J connectivity index is 1.88. The largest absolute Gasteiger partial charge is 0.491 e. The van der Waals surface area contributed by atoms with E-state index in [1.807, 2.05) is 45.0 Å². The van der Waals surface area contributed by atoms with Crippen LogP contribution in [0.5, 0.6) is 5.75 Å². The number of ether oxygens (including phenoxy) is 2. The molecular formula is C17H23NO4. The van der Waals surface area contributed by atoms with Crippen LogP contribution in [-0.4, -0.2) is 42.5 Å². The lowest BCUT2D eigenvalue weighted by Crippen LogP contribution is -2.42. The van der Waals surface area contributed by atoms with Crippen LogP contribution in [-0.2, 0) is 9.53 Å². The summed E-state index contributed by atoms with van der Waals surface area (Å²) in [5, 5.41) is 13.2. The van der Waals surface area contributed by atoms with Gasteiger partial charge in [0.05, 0.1) is 0 Å². The Morgan fingerprint density at radius 2 is 2.18 bits per heavy atom. The molecule has 1 atom stereocenters. The maximum atomic E-state index is 11.1. The minimum atomic E-state index is -0.585. The smallest absolute Gasteiger partial charge is 0.331 e. The van der Waals surface area contributed by atoms with E-state index in [1.54, 1.807) is 0 Å². The first-order chi connectivity index (χ1) is 10.3. The maximum Gasteiger partial charge on any atom is 0.331 e. The van der Waals surface area contributed by atoms with E-state index < -0.39 is 6.10 Å². The molecule has 0 aromatic heterocycles. The van der Waals surface area contributed by atoms with Crippen LogP contribution >= 0.6 is 0 Å². The van der Waals surface area contributed by atoms with Crippen molar-refractivity contribution in [3.8, 4) is 5.75 Å². The summed E-state index contributed by atoms with van der Waals surface area (Å²) in [5.74, 6) is 0.345. The number of aliphatic hydroxyl groups excluding tert-OH is 1. The Morgan fingerprint density at radius 1 is 1.41 bits per heavy atom. The molecule has 1 unspecified atom stereocenters. The number of benzene rings is 1. The molecule has 22 heavy (non-hydrogen) atoms. The zero-order chi connectivity index (χ0) is 16.2. The fraction of sp³-hybridized carbons (Fsp3) is 0.471. The van der Waals surface area contributed by atoms with Crippen molar-refractivity contribution in [3.63, 3.8) is 0 Å². The number of esters is 1. The number of hydrogen-bond donors (Lipinski definition) is 2. The highest BCUT2D eigenvalue weighted by atomic mass is 16.5. The average molecular weight is 305 g/mol. The van der Waals surface area contributed by atoms with Gasteiger partial charge < -0.3 is 19.9 Å². The molecule has 2 rings (SSSR count). The van der Waals surface area contributed by atoms with E-state index in [2.05, 4.69) is 5.32 Å². The Hall–Kier alpha value is -1.85. The van der Waals surface area contributed by atoms with E-state index >= 15 is 0 Å². The van der Waals surface area contributed by atoms with Gasteiger partial charge in [-0.05, 0) is 38.5 Å². The molecule has 1 heterocycles. The Morgan fingerprint density at radius 3 is 2.82 bits per heavy atom. The van der Waals surface area contributed by atoms with Gasteiger partial charge in [-0.1, -0.05) is 12.1 Å². The van der Waals surface area contributed by atoms with Gasteiger partial charge in [-0.3, -0.25) is 0 Å². The first kappa shape index (κ1) is 16.5. The lowest BCUT2D eigenvalue weighted by Gasteiger charge is -2.23. The highest BCUT2D eigenvalue weighted by Crippen LogP contribution is 2.23. The highest BCUT2D eigenvalue weighted by molar-refractivity contribution is 5.95. The maximum absolute atomic E-state index is 11.1. The summed E-state index contributed by atoms with van der Waals surface area (Å²) in [6.07, 6.45) is 0.903. The number of rotatable bonds is 6. The number of hydrogen-bond acceptors (Lipinski definition) is 5. The third kappa shape index (κ3) is 5.16. The van der Waals surface area contributed by atoms with Crippen molar-refractivity contribution in [3.05, 3.63) is 35.9 Å². The Bertz CT molecular complexity index is 560. The summed E-state index contributed by atoms with van der Waals surface area (Å²) >= 11 is 0. The van der Waals surface area contributed by atoms with Crippen LogP contribution in [0, 0.1) is 0 Å². The lowest BCUT2D eigenvalue weighted by atomic mass is 10.1. The molecule has 0 amide bonds. The molecule has 5 heteroatoms. The van der Waals surface area contributed by atoms with E-state index in [4.69, 9.17) is 9.47 Å². The van der Waals surface area contributed by atoms with Gasteiger partial charge in [0.2, 0.25) is 0 Å². The summed E-state index contributed by atoms with van der Waals surface area (Å²) in [6.45, 7) is 7.10. The van der Waals surface area contributed by atoms with E-state index in [0.717, 1.165) is 11.1 Å². The van der Waals surface area contributed by atoms with Crippen molar-refractivity contribution >= 4 is 11.5 Å². The molecule has 5 nitrogen and oxygen atoms in total. The number of aliphatic hydroxyl groups is 1. The van der Waals surface area contributed by atoms with Gasteiger partial charge in [-0.2, -0.15) is 0 Å². The molecule has 120 valence electrons. The first-order valence-corrected chi connectivity index (χ1v) is 7.37. The van der Waals surface area contributed by atoms with Crippen LogP contribution in [0.1, 0.15) is 26.3 Å². The molecule has 1 aliphatic rings. The first-order valence-electron chi connectivity index (χ1n) is 7.37. The second kappa shape index (κ2) is 6.94. The van der Waals surface area contributed by atoms with Crippen LogP contribution in [0.15, 0.2) is 30.3 Å². The zero-order valence-electron chi connectivity index (χ0n) is 13.3. The molecule has 1 aliphatic heterocycles. The van der Waals surface area contributed by atoms with Crippen LogP contribution in [0.4, 0.5) is 0 Å². The minimum Gasteiger partial charge on any atom is -0.491 e. The van der Waals surface area contributed by atoms with Gasteiger partial charge in [0.25, 0.3) is 0 Å².